The highest BCUT2D eigenvalue weighted by molar-refractivity contribution is 7.13. The van der Waals surface area contributed by atoms with Crippen molar-refractivity contribution in [1.82, 2.24) is 19.9 Å². The van der Waals surface area contributed by atoms with Gasteiger partial charge in [-0.3, -0.25) is 4.79 Å². The van der Waals surface area contributed by atoms with Crippen LogP contribution in [-0.4, -0.2) is 20.4 Å². The Hall–Kier alpha value is -2.47. The second kappa shape index (κ2) is 6.80. The zero-order valence-electron chi connectivity index (χ0n) is 14.9. The molecule has 1 atom stereocenters. The molecule has 2 aromatic heterocycles. The fourth-order valence-electron chi connectivity index (χ4n) is 2.53. The maximum Gasteiger partial charge on any atom is 0.263 e. The van der Waals surface area contributed by atoms with Gasteiger partial charge < -0.3 is 9.88 Å². The molecular weight excluding hydrogens is 332 g/mol. The predicted octanol–water partition coefficient (Wildman–Crippen LogP) is 3.69. The summed E-state index contributed by atoms with van der Waals surface area (Å²) in [5.41, 5.74) is 0.924. The fraction of sp³-hybridized carbons (Fsp3) is 0.316. The normalized spacial score (nSPS) is 12.8. The number of rotatable bonds is 4. The molecular formula is C19H22N4OS. The lowest BCUT2D eigenvalue weighted by atomic mass is 9.98. The molecule has 0 aliphatic rings. The number of aryl methyl sites for hydroxylation is 1. The molecule has 130 valence electrons. The molecule has 1 amide bonds. The van der Waals surface area contributed by atoms with Gasteiger partial charge in [0.25, 0.3) is 5.91 Å². The Kier molecular flexibility index (Phi) is 4.72. The van der Waals surface area contributed by atoms with Crippen LogP contribution in [0.2, 0.25) is 0 Å². The summed E-state index contributed by atoms with van der Waals surface area (Å²) in [7, 11) is 1.93. The number of nitrogens with zero attached hydrogens (tertiary/aromatic N) is 3. The molecule has 0 aliphatic carbocycles. The van der Waals surface area contributed by atoms with Gasteiger partial charge in [0.1, 0.15) is 16.7 Å². The molecule has 0 aliphatic heterocycles. The van der Waals surface area contributed by atoms with E-state index in [0.29, 0.717) is 4.88 Å². The van der Waals surface area contributed by atoms with E-state index in [4.69, 9.17) is 0 Å². The van der Waals surface area contributed by atoms with Crippen LogP contribution in [-0.2, 0) is 12.5 Å². The Morgan fingerprint density at radius 1 is 1.20 bits per heavy atom. The van der Waals surface area contributed by atoms with Crippen molar-refractivity contribution < 1.29 is 4.79 Å². The van der Waals surface area contributed by atoms with Crippen molar-refractivity contribution in [2.45, 2.75) is 32.2 Å². The summed E-state index contributed by atoms with van der Waals surface area (Å²) in [6, 6.07) is 9.55. The Morgan fingerprint density at radius 3 is 2.48 bits per heavy atom. The van der Waals surface area contributed by atoms with Gasteiger partial charge in [0.2, 0.25) is 0 Å². The number of carbonyl (C=O) groups is 1. The van der Waals surface area contributed by atoms with Gasteiger partial charge in [-0.2, -0.15) is 0 Å². The highest BCUT2D eigenvalue weighted by Gasteiger charge is 2.24. The van der Waals surface area contributed by atoms with E-state index in [0.717, 1.165) is 16.4 Å². The fourth-order valence-corrected chi connectivity index (χ4v) is 3.40. The minimum absolute atomic E-state index is 0.0678. The molecule has 0 saturated heterocycles. The standard InChI is InChI=1S/C19H22N4OS/c1-19(2,3)18-21-12-14(25-18)17(24)22-15(13-8-6-5-7-9-13)16-20-10-11-23(16)4/h5-12,15H,1-4H3,(H,22,24). The molecule has 1 aromatic carbocycles. The van der Waals surface area contributed by atoms with E-state index >= 15 is 0 Å². The van der Waals surface area contributed by atoms with Crippen LogP contribution in [0, 0.1) is 0 Å². The predicted molar refractivity (Wildman–Crippen MR) is 99.8 cm³/mol. The van der Waals surface area contributed by atoms with Crippen molar-refractivity contribution in [3.05, 3.63) is 70.2 Å². The molecule has 2 heterocycles. The maximum atomic E-state index is 12.8. The SMILES string of the molecule is Cn1ccnc1C(NC(=O)c1cnc(C(C)(C)C)s1)c1ccccc1. The first kappa shape index (κ1) is 17.4. The lowest BCUT2D eigenvalue weighted by Gasteiger charge is -2.18. The first-order valence-corrected chi connectivity index (χ1v) is 8.97. The van der Waals surface area contributed by atoms with Crippen LogP contribution in [0.5, 0.6) is 0 Å². The number of aromatic nitrogens is 3. The zero-order valence-corrected chi connectivity index (χ0v) is 15.7. The van der Waals surface area contributed by atoms with E-state index in [9.17, 15) is 4.79 Å². The summed E-state index contributed by atoms with van der Waals surface area (Å²) in [6.07, 6.45) is 5.27. The Morgan fingerprint density at radius 2 is 1.92 bits per heavy atom. The summed E-state index contributed by atoms with van der Waals surface area (Å²) in [6.45, 7) is 6.27. The summed E-state index contributed by atoms with van der Waals surface area (Å²) in [5.74, 6) is 0.657. The van der Waals surface area contributed by atoms with Crippen LogP contribution in [0.1, 0.15) is 52.9 Å². The number of amides is 1. The molecule has 25 heavy (non-hydrogen) atoms. The van der Waals surface area contributed by atoms with Crippen LogP contribution < -0.4 is 5.32 Å². The molecule has 0 spiro atoms. The Labute approximate surface area is 151 Å². The van der Waals surface area contributed by atoms with Crippen molar-refractivity contribution in [2.24, 2.45) is 7.05 Å². The van der Waals surface area contributed by atoms with E-state index in [2.05, 4.69) is 36.1 Å². The van der Waals surface area contributed by atoms with Crippen molar-refractivity contribution in [3.63, 3.8) is 0 Å². The summed E-state index contributed by atoms with van der Waals surface area (Å²) in [4.78, 5) is 22.2. The minimum atomic E-state index is -0.311. The van der Waals surface area contributed by atoms with Gasteiger partial charge in [0, 0.05) is 24.9 Å². The van der Waals surface area contributed by atoms with Crippen molar-refractivity contribution >= 4 is 17.2 Å². The third kappa shape index (κ3) is 3.79. The number of imidazole rings is 1. The number of hydrogen-bond donors (Lipinski definition) is 1. The van der Waals surface area contributed by atoms with Gasteiger partial charge in [-0.05, 0) is 5.56 Å². The lowest BCUT2D eigenvalue weighted by Crippen LogP contribution is -2.30. The number of thiazole rings is 1. The first-order chi connectivity index (χ1) is 11.9. The molecule has 0 radical (unpaired) electrons. The number of hydrogen-bond acceptors (Lipinski definition) is 4. The largest absolute Gasteiger partial charge is 0.337 e. The van der Waals surface area contributed by atoms with Gasteiger partial charge in [0.15, 0.2) is 0 Å². The van der Waals surface area contributed by atoms with Gasteiger partial charge in [0.05, 0.1) is 11.2 Å². The third-order valence-corrected chi connectivity index (χ3v) is 5.32. The number of benzene rings is 1. The second-order valence-electron chi connectivity index (χ2n) is 6.99. The van der Waals surface area contributed by atoms with E-state index in [1.165, 1.54) is 11.3 Å². The third-order valence-electron chi connectivity index (χ3n) is 3.90. The zero-order chi connectivity index (χ0) is 18.0. The van der Waals surface area contributed by atoms with Gasteiger partial charge in [-0.25, -0.2) is 9.97 Å². The van der Waals surface area contributed by atoms with Crippen LogP contribution in [0.4, 0.5) is 0 Å². The van der Waals surface area contributed by atoms with E-state index in [-0.39, 0.29) is 17.4 Å². The lowest BCUT2D eigenvalue weighted by molar-refractivity contribution is 0.0945. The second-order valence-corrected chi connectivity index (χ2v) is 8.02. The monoisotopic (exact) mass is 354 g/mol. The average Bonchev–Trinajstić information content (AvgIpc) is 3.22. The number of nitrogens with one attached hydrogen (secondary N) is 1. The van der Waals surface area contributed by atoms with Crippen molar-refractivity contribution in [2.75, 3.05) is 0 Å². The summed E-state index contributed by atoms with van der Waals surface area (Å²) < 4.78 is 1.92. The van der Waals surface area contributed by atoms with E-state index < -0.39 is 0 Å². The molecule has 0 bridgehead atoms. The van der Waals surface area contributed by atoms with Crippen LogP contribution in [0.15, 0.2) is 48.9 Å². The van der Waals surface area contributed by atoms with Gasteiger partial charge >= 0.3 is 0 Å². The molecule has 0 fully saturated rings. The van der Waals surface area contributed by atoms with Gasteiger partial charge in [-0.1, -0.05) is 51.1 Å². The minimum Gasteiger partial charge on any atom is -0.337 e. The van der Waals surface area contributed by atoms with Gasteiger partial charge in [-0.15, -0.1) is 11.3 Å². The molecule has 1 N–H and O–H groups in total. The molecule has 6 heteroatoms. The topological polar surface area (TPSA) is 59.8 Å². The van der Waals surface area contributed by atoms with Crippen molar-refractivity contribution in [1.29, 1.82) is 0 Å². The van der Waals surface area contributed by atoms with Crippen LogP contribution >= 0.6 is 11.3 Å². The highest BCUT2D eigenvalue weighted by Crippen LogP contribution is 2.27. The van der Waals surface area contributed by atoms with E-state index in [1.54, 1.807) is 12.4 Å². The molecule has 3 rings (SSSR count). The average molecular weight is 354 g/mol. The summed E-state index contributed by atoms with van der Waals surface area (Å²) in [5, 5.41) is 4.06. The highest BCUT2D eigenvalue weighted by atomic mass is 32.1. The molecule has 1 unspecified atom stereocenters. The van der Waals surface area contributed by atoms with Crippen LogP contribution in [0.25, 0.3) is 0 Å². The molecule has 5 nitrogen and oxygen atoms in total. The Balaban J connectivity index is 1.89. The summed E-state index contributed by atoms with van der Waals surface area (Å²) >= 11 is 1.44. The van der Waals surface area contributed by atoms with E-state index in [1.807, 2.05) is 48.1 Å². The molecule has 0 saturated carbocycles. The smallest absolute Gasteiger partial charge is 0.263 e. The first-order valence-electron chi connectivity index (χ1n) is 8.15. The van der Waals surface area contributed by atoms with Crippen LogP contribution in [0.3, 0.4) is 0 Å². The Bertz CT molecular complexity index is 861. The number of carbonyl (C=O) groups excluding carboxylic acids is 1. The maximum absolute atomic E-state index is 12.8. The molecule has 3 aromatic rings. The van der Waals surface area contributed by atoms with Crippen molar-refractivity contribution in [3.8, 4) is 0 Å². The quantitative estimate of drug-likeness (QED) is 0.777.